The van der Waals surface area contributed by atoms with E-state index < -0.39 is 0 Å². The molecule has 3 aromatic carbocycles. The lowest BCUT2D eigenvalue weighted by Gasteiger charge is -2.19. The number of hydrogen-bond acceptors (Lipinski definition) is 0. The molecule has 0 fully saturated rings. The molecule has 0 saturated carbocycles. The normalized spacial score (nSPS) is 11.4. The molecule has 0 bridgehead atoms. The van der Waals surface area contributed by atoms with Crippen molar-refractivity contribution in [3.63, 3.8) is 0 Å². The summed E-state index contributed by atoms with van der Waals surface area (Å²) < 4.78 is 0. The molecule has 0 spiro atoms. The van der Waals surface area contributed by atoms with E-state index in [0.29, 0.717) is 11.8 Å². The van der Waals surface area contributed by atoms with E-state index in [1.807, 2.05) is 24.3 Å². The molecule has 0 N–H and O–H groups in total. The maximum Gasteiger partial charge on any atom is 0.0109 e. The second kappa shape index (κ2) is 118. The molecule has 0 heterocycles. The van der Waals surface area contributed by atoms with Crippen molar-refractivity contribution in [2.45, 2.75) is 513 Å². The van der Waals surface area contributed by atoms with Gasteiger partial charge in [-0.15, -0.1) is 24.7 Å². The molecule has 780 valence electrons. The molecule has 0 radical (unpaired) electrons. The van der Waals surface area contributed by atoms with Crippen LogP contribution in [0.25, 0.3) is 6.08 Å². The lowest BCUT2D eigenvalue weighted by molar-refractivity contribution is 0.412. The van der Waals surface area contributed by atoms with Crippen LogP contribution in [0.3, 0.4) is 0 Å². The van der Waals surface area contributed by atoms with Gasteiger partial charge in [0, 0.05) is 6.42 Å². The molecule has 0 aliphatic heterocycles. The van der Waals surface area contributed by atoms with Crippen LogP contribution in [0.15, 0.2) is 164 Å². The minimum absolute atomic E-state index is 0.600. The van der Waals surface area contributed by atoms with Gasteiger partial charge in [-0.1, -0.05) is 571 Å². The number of unbranched alkanes of at least 4 members (excludes halogenated alkanes) is 3. The molecule has 1 aliphatic rings. The van der Waals surface area contributed by atoms with Gasteiger partial charge in [0.2, 0.25) is 0 Å². The molecule has 0 nitrogen and oxygen atoms in total. The predicted octanol–water partition coefficient (Wildman–Crippen LogP) is 46.6. The molecule has 4 rings (SSSR count). The summed E-state index contributed by atoms with van der Waals surface area (Å²) in [7, 11) is 0. The summed E-state index contributed by atoms with van der Waals surface area (Å²) in [5.41, 5.74) is 12.3. The molecule has 1 atom stereocenters. The fourth-order valence-electron chi connectivity index (χ4n) is 11.5. The first-order valence-electron chi connectivity index (χ1n) is 55.1. The summed E-state index contributed by atoms with van der Waals surface area (Å²) in [5.74, 6) is 19.9. The summed E-state index contributed by atoms with van der Waals surface area (Å²) in [6.45, 7) is 122. The van der Waals surface area contributed by atoms with E-state index in [-0.39, 0.29) is 0 Å². The smallest absolute Gasteiger partial charge is 0.0109 e. The SMILES string of the molecule is C#CCC(C)C.C=C(C)CC(C)C.C=C/C=C/CC(C)C.C=C=CC(C)C.CC(C)=CCC(C)C.CC(C)C(C)C.CC(C)C/C=C/c1ccccc1.CC(C)C1C=CCCC1.CC(C)CC(C)C.CC(C)CCC(C)C.CCCC(C)C.CCCC(C)C.CCCCC(C)C.CCCCC(C)C.CCCCC(C)C.Cc1ccc(CC(C)C)cc1.Cc1ccc(CC(C)C)cc1. The minimum atomic E-state index is 0.600. The van der Waals surface area contributed by atoms with E-state index in [4.69, 9.17) is 6.42 Å². The predicted molar refractivity (Wildman–Crippen MR) is 630 cm³/mol. The topological polar surface area (TPSA) is 0 Å². The van der Waals surface area contributed by atoms with Crippen molar-refractivity contribution in [3.8, 4) is 12.3 Å². The summed E-state index contributed by atoms with van der Waals surface area (Å²) in [6, 6.07) is 28.0. The van der Waals surface area contributed by atoms with Gasteiger partial charge in [-0.25, -0.2) is 0 Å². The average molecular weight is 1840 g/mol. The maximum atomic E-state index is 4.98. The molecule has 1 aliphatic carbocycles. The molecular weight excluding hydrogens is 1590 g/mol. The van der Waals surface area contributed by atoms with Gasteiger partial charge in [0.1, 0.15) is 0 Å². The molecule has 1 unspecified atom stereocenters. The van der Waals surface area contributed by atoms with E-state index in [1.54, 1.807) is 0 Å². The lowest BCUT2D eigenvalue weighted by Crippen LogP contribution is -2.07. The zero-order chi connectivity index (χ0) is 106. The van der Waals surface area contributed by atoms with E-state index in [2.05, 4.69) is 487 Å². The van der Waals surface area contributed by atoms with Crippen LogP contribution in [0.1, 0.15) is 514 Å². The van der Waals surface area contributed by atoms with Gasteiger partial charge in [-0.2, -0.15) is 0 Å². The molecule has 132 heavy (non-hydrogen) atoms. The molecule has 0 saturated heterocycles. The first-order chi connectivity index (χ1) is 61.3. The Morgan fingerprint density at radius 2 is 0.750 bits per heavy atom. The Morgan fingerprint density at radius 3 is 0.909 bits per heavy atom. The highest BCUT2D eigenvalue weighted by molar-refractivity contribution is 5.48. The lowest BCUT2D eigenvalue weighted by atomic mass is 9.87. The van der Waals surface area contributed by atoms with Gasteiger partial charge in [0.15, 0.2) is 0 Å². The Hall–Kier alpha value is -4.82. The van der Waals surface area contributed by atoms with Gasteiger partial charge < -0.3 is 0 Å². The van der Waals surface area contributed by atoms with Crippen molar-refractivity contribution in [1.29, 1.82) is 0 Å². The Labute approximate surface area is 842 Å². The first-order valence-corrected chi connectivity index (χ1v) is 55.1. The summed E-state index contributed by atoms with van der Waals surface area (Å²) >= 11 is 0. The zero-order valence-corrected chi connectivity index (χ0v) is 100. The second-order valence-electron chi connectivity index (χ2n) is 45.9. The second-order valence-corrected chi connectivity index (χ2v) is 45.9. The quantitative estimate of drug-likeness (QED) is 0.0236. The Balaban J connectivity index is -0.000000104. The van der Waals surface area contributed by atoms with Gasteiger partial charge >= 0.3 is 0 Å². The van der Waals surface area contributed by atoms with Crippen LogP contribution in [-0.4, -0.2) is 0 Å². The van der Waals surface area contributed by atoms with Crippen molar-refractivity contribution >= 4 is 6.08 Å². The van der Waals surface area contributed by atoms with Crippen molar-refractivity contribution in [1.82, 2.24) is 0 Å². The van der Waals surface area contributed by atoms with Gasteiger partial charge in [0.05, 0.1) is 0 Å². The summed E-state index contributed by atoms with van der Waals surface area (Å²) in [4.78, 5) is 0. The molecule has 0 amide bonds. The molecule has 3 aromatic rings. The number of terminal acetylenes is 1. The third-order valence-electron chi connectivity index (χ3n) is 19.7. The number of allylic oxidation sites excluding steroid dienone is 10. The molecular formula is C132H252. The number of hydrogen-bond donors (Lipinski definition) is 0. The minimum Gasteiger partial charge on any atom is -0.133 e. The van der Waals surface area contributed by atoms with E-state index in [9.17, 15) is 0 Å². The Kier molecular flexibility index (Phi) is 139. The van der Waals surface area contributed by atoms with Gasteiger partial charge in [-0.05, 0) is 246 Å². The fourth-order valence-corrected chi connectivity index (χ4v) is 11.5. The Morgan fingerprint density at radius 1 is 0.402 bits per heavy atom. The number of rotatable bonds is 36. The van der Waals surface area contributed by atoms with Crippen molar-refractivity contribution < 1.29 is 0 Å². The van der Waals surface area contributed by atoms with Crippen LogP contribution in [0.2, 0.25) is 0 Å². The van der Waals surface area contributed by atoms with E-state index >= 15 is 0 Å². The van der Waals surface area contributed by atoms with Crippen molar-refractivity contribution in [2.24, 2.45) is 124 Å². The average Bonchev–Trinajstić information content (AvgIpc) is 0.921. The number of aryl methyl sites for hydroxylation is 2. The van der Waals surface area contributed by atoms with Crippen LogP contribution in [0.5, 0.6) is 0 Å². The third-order valence-corrected chi connectivity index (χ3v) is 19.7. The summed E-state index contributed by atoms with van der Waals surface area (Å²) in [6.07, 6.45) is 58.4. The summed E-state index contributed by atoms with van der Waals surface area (Å²) in [5, 5.41) is 0. The standard InChI is InChI=1S/C12H16.2C11H16.C9H16.C8H18.C8H16.C8H14.C7H16.C7H14.3C7H16.3C6H14.2C6H10/c1-11(2)7-6-10-12-8-4-3-5-9-12;2*1-9(2)8-11-6-4-10(3)5-7-11;1-8(2)9-6-4-3-5-7-9;2*1-7(2)5-6-8(3)4;1-4-5-6-7-8(2)3;2*1-6(2)5-7(3)4;3*1-4-5-6-7(2)3;1-5(2)6(3)4;4*1-4-5-6(2)3/h3-6,8-11H,7H2,1-2H3;2*4-7,9H,8H2,1-3H3;4,6,8-9H,3,5,7H2,1-2H3;7-8H,5-6H2,1-4H3;5,8H,6H2,1-4H3;4-6,8H,1,7H2,2-3H3;6-7H,5H2,1-4H3;7H,1,5H2,2-4H3;3*7H,4-6H2,1-3H3;5-6H,1-4H3;2*6H,4-5H2,1-3H3;5-6H,1H2,2-3H3;1,6H,5H2,2-3H3/b10-6+;;;;;;6-5+;;;;;;;;;;. The van der Waals surface area contributed by atoms with Crippen molar-refractivity contribution in [2.75, 3.05) is 0 Å². The molecule has 0 aromatic heterocycles. The highest BCUT2D eigenvalue weighted by atomic mass is 14.2. The van der Waals surface area contributed by atoms with Crippen LogP contribution in [0.4, 0.5) is 0 Å². The highest BCUT2D eigenvalue weighted by Crippen LogP contribution is 2.24. The maximum absolute atomic E-state index is 4.98. The first kappa shape index (κ1) is 155. The van der Waals surface area contributed by atoms with Crippen LogP contribution in [-0.2, 0) is 12.8 Å². The third kappa shape index (κ3) is 192. The van der Waals surface area contributed by atoms with E-state index in [1.165, 1.54) is 187 Å². The zero-order valence-electron chi connectivity index (χ0n) is 100. The largest absolute Gasteiger partial charge is 0.133 e. The van der Waals surface area contributed by atoms with Crippen LogP contribution < -0.4 is 0 Å². The number of benzene rings is 3. The van der Waals surface area contributed by atoms with E-state index in [0.717, 1.165) is 132 Å². The molecule has 0 heteroatoms. The monoisotopic (exact) mass is 1840 g/mol. The highest BCUT2D eigenvalue weighted by Gasteiger charge is 2.11. The van der Waals surface area contributed by atoms with Gasteiger partial charge in [-0.3, -0.25) is 0 Å². The fraction of sp³-hybridized carbons (Fsp3) is 0.735. The Bertz CT molecular complexity index is 2710. The van der Waals surface area contributed by atoms with Crippen molar-refractivity contribution in [3.05, 3.63) is 192 Å². The van der Waals surface area contributed by atoms with Crippen LogP contribution >= 0.6 is 0 Å². The van der Waals surface area contributed by atoms with Crippen LogP contribution in [0, 0.1) is 150 Å². The van der Waals surface area contributed by atoms with Gasteiger partial charge in [0.25, 0.3) is 0 Å².